The van der Waals surface area contributed by atoms with Crippen LogP contribution >= 0.6 is 0 Å². The Labute approximate surface area is 152 Å². The molecule has 0 atom stereocenters. The lowest BCUT2D eigenvalue weighted by Crippen LogP contribution is -2.23. The van der Waals surface area contributed by atoms with E-state index in [2.05, 4.69) is 10.6 Å². The molecule has 0 heterocycles. The smallest absolute Gasteiger partial charge is 0.252 e. The maximum absolute atomic E-state index is 12.7. The number of carbonyl (C=O) groups excluding carboxylic acids is 2. The molecule has 2 N–H and O–H groups in total. The zero-order valence-electron chi connectivity index (χ0n) is 14.5. The van der Waals surface area contributed by atoms with Crippen molar-refractivity contribution in [1.29, 1.82) is 0 Å². The van der Waals surface area contributed by atoms with Gasteiger partial charge in [-0.2, -0.15) is 0 Å². The molecule has 3 rings (SSSR count). The van der Waals surface area contributed by atoms with Gasteiger partial charge >= 0.3 is 0 Å². The van der Waals surface area contributed by atoms with E-state index in [9.17, 15) is 9.59 Å². The molecule has 2 amide bonds. The van der Waals surface area contributed by atoms with Crippen molar-refractivity contribution >= 4 is 11.8 Å². The number of amides is 2. The topological polar surface area (TPSA) is 58.2 Å². The first-order valence-electron chi connectivity index (χ1n) is 8.42. The quantitative estimate of drug-likeness (QED) is 0.742. The van der Waals surface area contributed by atoms with Gasteiger partial charge in [0.2, 0.25) is 0 Å². The van der Waals surface area contributed by atoms with Crippen LogP contribution < -0.4 is 10.6 Å². The molecule has 0 aromatic heterocycles. The standard InChI is InChI=1S/C22H20N2O2/c1-23-21(25)18-11-7-10-17(14-18)19-12-5-6-13-20(19)22(26)24-15-16-8-3-2-4-9-16/h2-14H,15H2,1H3,(H,23,25)(H,24,26). The Morgan fingerprint density at radius 2 is 1.54 bits per heavy atom. The van der Waals surface area contributed by atoms with E-state index in [4.69, 9.17) is 0 Å². The van der Waals surface area contributed by atoms with Crippen molar-refractivity contribution < 1.29 is 9.59 Å². The van der Waals surface area contributed by atoms with Crippen LogP contribution in [0.5, 0.6) is 0 Å². The summed E-state index contributed by atoms with van der Waals surface area (Å²) in [5.74, 6) is -0.298. The summed E-state index contributed by atoms with van der Waals surface area (Å²) < 4.78 is 0. The Morgan fingerprint density at radius 1 is 0.808 bits per heavy atom. The lowest BCUT2D eigenvalue weighted by atomic mass is 9.97. The normalized spacial score (nSPS) is 10.2. The summed E-state index contributed by atoms with van der Waals surface area (Å²) in [6, 6.07) is 24.4. The van der Waals surface area contributed by atoms with E-state index in [0.29, 0.717) is 17.7 Å². The second-order valence-electron chi connectivity index (χ2n) is 5.87. The van der Waals surface area contributed by atoms with Crippen LogP contribution in [0, 0.1) is 0 Å². The van der Waals surface area contributed by atoms with Gasteiger partial charge in [0, 0.05) is 24.7 Å². The maximum Gasteiger partial charge on any atom is 0.252 e. The molecule has 0 fully saturated rings. The highest BCUT2D eigenvalue weighted by Crippen LogP contribution is 2.24. The first-order chi connectivity index (χ1) is 12.7. The summed E-state index contributed by atoms with van der Waals surface area (Å²) in [5.41, 5.74) is 3.81. The fraction of sp³-hybridized carbons (Fsp3) is 0.0909. The summed E-state index contributed by atoms with van der Waals surface area (Å²) in [6.45, 7) is 0.465. The van der Waals surface area contributed by atoms with E-state index in [1.165, 1.54) is 0 Å². The third-order valence-corrected chi connectivity index (χ3v) is 4.13. The molecule has 0 saturated heterocycles. The summed E-state index contributed by atoms with van der Waals surface area (Å²) in [4.78, 5) is 24.6. The highest BCUT2D eigenvalue weighted by Gasteiger charge is 2.13. The Hall–Kier alpha value is -3.40. The third kappa shape index (κ3) is 3.98. The molecule has 0 bridgehead atoms. The van der Waals surface area contributed by atoms with Gasteiger partial charge in [-0.25, -0.2) is 0 Å². The van der Waals surface area contributed by atoms with Crippen molar-refractivity contribution in [3.8, 4) is 11.1 Å². The van der Waals surface area contributed by atoms with Gasteiger partial charge in [0.1, 0.15) is 0 Å². The molecule has 3 aromatic rings. The number of hydrogen-bond acceptors (Lipinski definition) is 2. The Kier molecular flexibility index (Phi) is 5.44. The zero-order valence-corrected chi connectivity index (χ0v) is 14.5. The molecule has 130 valence electrons. The monoisotopic (exact) mass is 344 g/mol. The molecule has 0 radical (unpaired) electrons. The Balaban J connectivity index is 1.86. The lowest BCUT2D eigenvalue weighted by Gasteiger charge is -2.11. The predicted octanol–water partition coefficient (Wildman–Crippen LogP) is 3.64. The average molecular weight is 344 g/mol. The molecular weight excluding hydrogens is 324 g/mol. The van der Waals surface area contributed by atoms with Crippen molar-refractivity contribution in [3.63, 3.8) is 0 Å². The van der Waals surface area contributed by atoms with Gasteiger partial charge in [-0.05, 0) is 34.9 Å². The van der Waals surface area contributed by atoms with E-state index in [0.717, 1.165) is 16.7 Å². The molecule has 4 nitrogen and oxygen atoms in total. The molecule has 0 unspecified atom stereocenters. The van der Waals surface area contributed by atoms with Gasteiger partial charge in [-0.15, -0.1) is 0 Å². The fourth-order valence-electron chi connectivity index (χ4n) is 2.78. The molecule has 0 saturated carbocycles. The minimum Gasteiger partial charge on any atom is -0.355 e. The van der Waals surface area contributed by atoms with Crippen molar-refractivity contribution in [1.82, 2.24) is 10.6 Å². The summed E-state index contributed by atoms with van der Waals surface area (Å²) >= 11 is 0. The van der Waals surface area contributed by atoms with Crippen LogP contribution in [0.1, 0.15) is 26.3 Å². The highest BCUT2D eigenvalue weighted by molar-refractivity contribution is 6.02. The van der Waals surface area contributed by atoms with Gasteiger partial charge in [-0.1, -0.05) is 60.7 Å². The largest absolute Gasteiger partial charge is 0.355 e. The lowest BCUT2D eigenvalue weighted by molar-refractivity contribution is 0.0948. The van der Waals surface area contributed by atoms with Crippen LogP contribution in [0.4, 0.5) is 0 Å². The number of hydrogen-bond donors (Lipinski definition) is 2. The first-order valence-corrected chi connectivity index (χ1v) is 8.42. The SMILES string of the molecule is CNC(=O)c1cccc(-c2ccccc2C(=O)NCc2ccccc2)c1. The van der Waals surface area contributed by atoms with Crippen LogP contribution in [0.3, 0.4) is 0 Å². The van der Waals surface area contributed by atoms with Crippen LogP contribution in [-0.2, 0) is 6.54 Å². The number of benzene rings is 3. The average Bonchev–Trinajstić information content (AvgIpc) is 2.72. The number of rotatable bonds is 5. The van der Waals surface area contributed by atoms with Crippen molar-refractivity contribution in [2.24, 2.45) is 0 Å². The van der Waals surface area contributed by atoms with E-state index >= 15 is 0 Å². The molecule has 26 heavy (non-hydrogen) atoms. The summed E-state index contributed by atoms with van der Waals surface area (Å²) in [7, 11) is 1.60. The van der Waals surface area contributed by atoms with E-state index in [-0.39, 0.29) is 11.8 Å². The number of carbonyl (C=O) groups is 2. The second-order valence-corrected chi connectivity index (χ2v) is 5.87. The summed E-state index contributed by atoms with van der Waals surface area (Å²) in [5, 5.41) is 5.57. The Morgan fingerprint density at radius 3 is 2.31 bits per heavy atom. The minimum absolute atomic E-state index is 0.144. The fourth-order valence-corrected chi connectivity index (χ4v) is 2.78. The van der Waals surface area contributed by atoms with Crippen LogP contribution in [0.15, 0.2) is 78.9 Å². The molecule has 0 aliphatic rings. The second kappa shape index (κ2) is 8.12. The molecule has 4 heteroatoms. The van der Waals surface area contributed by atoms with Crippen molar-refractivity contribution in [3.05, 3.63) is 95.6 Å². The molecule has 0 aliphatic heterocycles. The van der Waals surface area contributed by atoms with E-state index in [1.54, 1.807) is 25.2 Å². The van der Waals surface area contributed by atoms with Gasteiger partial charge in [0.15, 0.2) is 0 Å². The Bertz CT molecular complexity index is 920. The molecule has 0 aliphatic carbocycles. The maximum atomic E-state index is 12.7. The van der Waals surface area contributed by atoms with Crippen LogP contribution in [0.25, 0.3) is 11.1 Å². The third-order valence-electron chi connectivity index (χ3n) is 4.13. The van der Waals surface area contributed by atoms with Crippen molar-refractivity contribution in [2.45, 2.75) is 6.54 Å². The predicted molar refractivity (Wildman–Crippen MR) is 103 cm³/mol. The molecule has 3 aromatic carbocycles. The van der Waals surface area contributed by atoms with Gasteiger partial charge in [-0.3, -0.25) is 9.59 Å². The zero-order chi connectivity index (χ0) is 18.4. The van der Waals surface area contributed by atoms with Crippen molar-refractivity contribution in [2.75, 3.05) is 7.05 Å². The first kappa shape index (κ1) is 17.4. The number of nitrogens with one attached hydrogen (secondary N) is 2. The molecular formula is C22H20N2O2. The van der Waals surface area contributed by atoms with E-state index in [1.807, 2.05) is 60.7 Å². The molecule has 0 spiro atoms. The summed E-state index contributed by atoms with van der Waals surface area (Å²) in [6.07, 6.45) is 0. The van der Waals surface area contributed by atoms with Crippen LogP contribution in [-0.4, -0.2) is 18.9 Å². The van der Waals surface area contributed by atoms with Gasteiger partial charge < -0.3 is 10.6 Å². The van der Waals surface area contributed by atoms with Gasteiger partial charge in [0.05, 0.1) is 0 Å². The van der Waals surface area contributed by atoms with E-state index < -0.39 is 0 Å². The van der Waals surface area contributed by atoms with Crippen LogP contribution in [0.2, 0.25) is 0 Å². The minimum atomic E-state index is -0.155. The highest BCUT2D eigenvalue weighted by atomic mass is 16.2. The van der Waals surface area contributed by atoms with Gasteiger partial charge in [0.25, 0.3) is 11.8 Å².